The van der Waals surface area contributed by atoms with Gasteiger partial charge in [0.1, 0.15) is 6.26 Å². The average Bonchev–Trinajstić information content (AvgIpc) is 2.85. The van der Waals surface area contributed by atoms with Crippen LogP contribution in [0.2, 0.25) is 0 Å². The van der Waals surface area contributed by atoms with Crippen LogP contribution in [0.15, 0.2) is 23.0 Å². The molecule has 2 heterocycles. The first-order valence-electron chi connectivity index (χ1n) is 6.81. The number of hydrogen-bond acceptors (Lipinski definition) is 3. The Balaban J connectivity index is 1.88. The number of rotatable bonds is 2. The van der Waals surface area contributed by atoms with Crippen LogP contribution in [-0.2, 0) is 0 Å². The van der Waals surface area contributed by atoms with E-state index in [0.717, 1.165) is 45.6 Å². The van der Waals surface area contributed by atoms with Gasteiger partial charge in [0.05, 0.1) is 18.4 Å². The Kier molecular flexibility index (Phi) is 5.05. The Morgan fingerprint density at radius 2 is 2.21 bits per heavy atom. The molecule has 1 aliphatic rings. The quantitative estimate of drug-likeness (QED) is 0.761. The summed E-state index contributed by atoms with van der Waals surface area (Å²) < 4.78 is 4.97. The van der Waals surface area contributed by atoms with Gasteiger partial charge in [-0.15, -0.1) is 5.92 Å². The van der Waals surface area contributed by atoms with E-state index < -0.39 is 0 Å². The predicted molar refractivity (Wildman–Crippen MR) is 73.7 cm³/mol. The Hall–Kier alpha value is -1.73. The smallest absolute Gasteiger partial charge is 0.257 e. The highest BCUT2D eigenvalue weighted by Crippen LogP contribution is 2.09. The molecular weight excluding hydrogens is 240 g/mol. The summed E-state index contributed by atoms with van der Waals surface area (Å²) in [6, 6.07) is 1.72. The lowest BCUT2D eigenvalue weighted by Crippen LogP contribution is -2.35. The lowest BCUT2D eigenvalue weighted by atomic mass is 10.3. The lowest BCUT2D eigenvalue weighted by Gasteiger charge is -2.20. The van der Waals surface area contributed by atoms with E-state index in [1.54, 1.807) is 6.07 Å². The van der Waals surface area contributed by atoms with Gasteiger partial charge in [0.15, 0.2) is 0 Å². The van der Waals surface area contributed by atoms with E-state index in [9.17, 15) is 4.79 Å². The Morgan fingerprint density at radius 1 is 1.32 bits per heavy atom. The fraction of sp³-hybridized carbons (Fsp3) is 0.533. The molecule has 4 nitrogen and oxygen atoms in total. The number of carbonyl (C=O) groups excluding carboxylic acids is 1. The van der Waals surface area contributed by atoms with E-state index in [2.05, 4.69) is 23.7 Å². The fourth-order valence-electron chi connectivity index (χ4n) is 2.19. The van der Waals surface area contributed by atoms with Crippen molar-refractivity contribution in [3.05, 3.63) is 24.2 Å². The molecule has 0 saturated carbocycles. The molecule has 0 atom stereocenters. The van der Waals surface area contributed by atoms with Crippen LogP contribution >= 0.6 is 0 Å². The van der Waals surface area contributed by atoms with E-state index >= 15 is 0 Å². The highest BCUT2D eigenvalue weighted by atomic mass is 16.3. The average molecular weight is 260 g/mol. The molecule has 19 heavy (non-hydrogen) atoms. The molecule has 0 spiro atoms. The Morgan fingerprint density at radius 3 is 2.95 bits per heavy atom. The maximum absolute atomic E-state index is 12.2. The summed E-state index contributed by atoms with van der Waals surface area (Å²) in [7, 11) is 0. The van der Waals surface area contributed by atoms with Gasteiger partial charge in [0, 0.05) is 32.6 Å². The van der Waals surface area contributed by atoms with Gasteiger partial charge in [-0.2, -0.15) is 0 Å². The summed E-state index contributed by atoms with van der Waals surface area (Å²) in [6.07, 6.45) is 4.95. The molecule has 0 unspecified atom stereocenters. The first-order valence-corrected chi connectivity index (χ1v) is 6.81. The van der Waals surface area contributed by atoms with Crippen molar-refractivity contribution in [2.75, 3.05) is 32.7 Å². The largest absolute Gasteiger partial charge is 0.472 e. The maximum Gasteiger partial charge on any atom is 0.257 e. The molecular formula is C15H20N2O2. The summed E-state index contributed by atoms with van der Waals surface area (Å²) in [5.41, 5.74) is 0.638. The number of nitrogens with zero attached hydrogens (tertiary/aromatic N) is 2. The normalized spacial score (nSPS) is 16.6. The summed E-state index contributed by atoms with van der Waals surface area (Å²) in [6.45, 7) is 6.33. The molecule has 0 aromatic carbocycles. The van der Waals surface area contributed by atoms with E-state index in [1.807, 2.05) is 4.90 Å². The van der Waals surface area contributed by atoms with Gasteiger partial charge in [-0.05, 0) is 12.5 Å². The molecule has 1 fully saturated rings. The standard InChI is InChI=1S/C15H20N2O2/c1-2-3-4-7-16-8-5-9-17(11-10-16)15(18)14-6-12-19-13-14/h6,12-13H,2,5,7-11H2,1H3. The van der Waals surface area contributed by atoms with Crippen molar-refractivity contribution in [1.29, 1.82) is 0 Å². The molecule has 0 N–H and O–H groups in total. The van der Waals surface area contributed by atoms with Crippen LogP contribution in [-0.4, -0.2) is 48.4 Å². The van der Waals surface area contributed by atoms with Crippen LogP contribution < -0.4 is 0 Å². The maximum atomic E-state index is 12.2. The first-order chi connectivity index (χ1) is 9.31. The van der Waals surface area contributed by atoms with Crippen LogP contribution in [0, 0.1) is 11.8 Å². The number of hydrogen-bond donors (Lipinski definition) is 0. The predicted octanol–water partition coefficient (Wildman–Crippen LogP) is 1.84. The van der Waals surface area contributed by atoms with E-state index in [4.69, 9.17) is 4.42 Å². The minimum absolute atomic E-state index is 0.0650. The molecule has 0 bridgehead atoms. The van der Waals surface area contributed by atoms with Gasteiger partial charge in [0.25, 0.3) is 5.91 Å². The SMILES string of the molecule is CCC#CCN1CCCN(C(=O)c2ccoc2)CC1. The van der Waals surface area contributed by atoms with Crippen LogP contribution in [0.4, 0.5) is 0 Å². The molecule has 1 aromatic heterocycles. The van der Waals surface area contributed by atoms with Crippen molar-refractivity contribution in [1.82, 2.24) is 9.80 Å². The Labute approximate surface area is 114 Å². The van der Waals surface area contributed by atoms with Crippen LogP contribution in [0.1, 0.15) is 30.1 Å². The van der Waals surface area contributed by atoms with Gasteiger partial charge in [-0.1, -0.05) is 12.8 Å². The minimum atomic E-state index is 0.0650. The third kappa shape index (κ3) is 3.87. The molecule has 1 amide bonds. The van der Waals surface area contributed by atoms with Crippen molar-refractivity contribution in [2.24, 2.45) is 0 Å². The number of furan rings is 1. The molecule has 0 aliphatic carbocycles. The monoisotopic (exact) mass is 260 g/mol. The topological polar surface area (TPSA) is 36.7 Å². The van der Waals surface area contributed by atoms with Gasteiger partial charge in [0.2, 0.25) is 0 Å². The first kappa shape index (κ1) is 13.7. The minimum Gasteiger partial charge on any atom is -0.472 e. The molecule has 1 aliphatic heterocycles. The van der Waals surface area contributed by atoms with Crippen molar-refractivity contribution in [3.8, 4) is 11.8 Å². The van der Waals surface area contributed by atoms with Crippen LogP contribution in [0.5, 0.6) is 0 Å². The van der Waals surface area contributed by atoms with Gasteiger partial charge >= 0.3 is 0 Å². The van der Waals surface area contributed by atoms with Gasteiger partial charge < -0.3 is 9.32 Å². The highest BCUT2D eigenvalue weighted by Gasteiger charge is 2.20. The van der Waals surface area contributed by atoms with Crippen LogP contribution in [0.25, 0.3) is 0 Å². The van der Waals surface area contributed by atoms with Crippen molar-refractivity contribution in [3.63, 3.8) is 0 Å². The summed E-state index contributed by atoms with van der Waals surface area (Å²) in [5.74, 6) is 6.31. The van der Waals surface area contributed by atoms with Crippen molar-refractivity contribution in [2.45, 2.75) is 19.8 Å². The number of carbonyl (C=O) groups is 1. The molecule has 1 aromatic rings. The van der Waals surface area contributed by atoms with E-state index in [-0.39, 0.29) is 5.91 Å². The zero-order chi connectivity index (χ0) is 13.5. The summed E-state index contributed by atoms with van der Waals surface area (Å²) in [5, 5.41) is 0. The third-order valence-corrected chi connectivity index (χ3v) is 3.25. The zero-order valence-corrected chi connectivity index (χ0v) is 11.4. The molecule has 4 heteroatoms. The van der Waals surface area contributed by atoms with Crippen molar-refractivity contribution < 1.29 is 9.21 Å². The summed E-state index contributed by atoms with van der Waals surface area (Å²) >= 11 is 0. The van der Waals surface area contributed by atoms with Gasteiger partial charge in [-0.3, -0.25) is 9.69 Å². The second kappa shape index (κ2) is 7.01. The highest BCUT2D eigenvalue weighted by molar-refractivity contribution is 5.93. The second-order valence-electron chi connectivity index (χ2n) is 4.64. The molecule has 102 valence electrons. The van der Waals surface area contributed by atoms with Crippen molar-refractivity contribution >= 4 is 5.91 Å². The molecule has 0 radical (unpaired) electrons. The third-order valence-electron chi connectivity index (χ3n) is 3.25. The molecule has 1 saturated heterocycles. The van der Waals surface area contributed by atoms with E-state index in [0.29, 0.717) is 5.56 Å². The summed E-state index contributed by atoms with van der Waals surface area (Å²) in [4.78, 5) is 16.4. The Bertz CT molecular complexity index is 456. The van der Waals surface area contributed by atoms with Crippen LogP contribution in [0.3, 0.4) is 0 Å². The lowest BCUT2D eigenvalue weighted by molar-refractivity contribution is 0.0761. The number of amides is 1. The fourth-order valence-corrected chi connectivity index (χ4v) is 2.19. The zero-order valence-electron chi connectivity index (χ0n) is 11.4. The second-order valence-corrected chi connectivity index (χ2v) is 4.64. The van der Waals surface area contributed by atoms with Gasteiger partial charge in [-0.25, -0.2) is 0 Å². The molecule has 2 rings (SSSR count). The van der Waals surface area contributed by atoms with E-state index in [1.165, 1.54) is 12.5 Å².